The van der Waals surface area contributed by atoms with E-state index < -0.39 is 17.6 Å². The number of pyridine rings is 1. The molecule has 1 amide bonds. The first-order valence-corrected chi connectivity index (χ1v) is 6.54. The molecule has 1 N–H and O–H groups in total. The van der Waals surface area contributed by atoms with Crippen molar-refractivity contribution in [3.8, 4) is 0 Å². The first-order chi connectivity index (χ1) is 9.36. The van der Waals surface area contributed by atoms with E-state index in [0.717, 1.165) is 15.7 Å². The minimum absolute atomic E-state index is 0.0726. The molecule has 1 heterocycles. The Hall–Kier alpha value is -1.64. The summed E-state index contributed by atoms with van der Waals surface area (Å²) < 4.78 is 38.1. The SMILES string of the molecule is O=C(Nc1ccc(I)cc1)c1ccc(C(F)(F)F)cn1. The third-order valence-electron chi connectivity index (χ3n) is 2.43. The van der Waals surface area contributed by atoms with Gasteiger partial charge in [-0.2, -0.15) is 13.2 Å². The summed E-state index contributed by atoms with van der Waals surface area (Å²) in [5.74, 6) is -0.556. The van der Waals surface area contributed by atoms with Crippen LogP contribution in [0.3, 0.4) is 0 Å². The fourth-order valence-corrected chi connectivity index (χ4v) is 1.78. The van der Waals surface area contributed by atoms with Gasteiger partial charge in [-0.3, -0.25) is 9.78 Å². The van der Waals surface area contributed by atoms with Crippen molar-refractivity contribution in [3.63, 3.8) is 0 Å². The second-order valence-corrected chi connectivity index (χ2v) is 5.14. The Morgan fingerprint density at radius 2 is 1.75 bits per heavy atom. The lowest BCUT2D eigenvalue weighted by molar-refractivity contribution is -0.137. The van der Waals surface area contributed by atoms with E-state index in [0.29, 0.717) is 11.9 Å². The standard InChI is InChI=1S/C13H8F3IN2O/c14-13(15,16)8-1-6-11(18-7-8)12(20)19-10-4-2-9(17)3-5-10/h1-7H,(H,19,20). The van der Waals surface area contributed by atoms with Crippen molar-refractivity contribution in [2.24, 2.45) is 0 Å². The van der Waals surface area contributed by atoms with E-state index in [9.17, 15) is 18.0 Å². The Bertz CT molecular complexity index is 609. The molecular formula is C13H8F3IN2O. The molecule has 2 aromatic rings. The zero-order valence-corrected chi connectivity index (χ0v) is 12.1. The van der Waals surface area contributed by atoms with Gasteiger partial charge in [0, 0.05) is 15.5 Å². The fraction of sp³-hybridized carbons (Fsp3) is 0.0769. The van der Waals surface area contributed by atoms with Crippen LogP contribution in [0.4, 0.5) is 18.9 Å². The van der Waals surface area contributed by atoms with Crippen molar-refractivity contribution < 1.29 is 18.0 Å². The van der Waals surface area contributed by atoms with Gasteiger partial charge in [-0.25, -0.2) is 0 Å². The normalized spacial score (nSPS) is 11.2. The summed E-state index contributed by atoms with van der Waals surface area (Å²) in [4.78, 5) is 15.3. The van der Waals surface area contributed by atoms with Crippen LogP contribution in [0, 0.1) is 3.57 Å². The number of hydrogen-bond acceptors (Lipinski definition) is 2. The summed E-state index contributed by atoms with van der Waals surface area (Å²) in [6.45, 7) is 0. The van der Waals surface area contributed by atoms with Crippen molar-refractivity contribution in [3.05, 3.63) is 57.4 Å². The molecule has 1 aromatic heterocycles. The van der Waals surface area contributed by atoms with Gasteiger partial charge in [0.05, 0.1) is 5.56 Å². The van der Waals surface area contributed by atoms with Crippen LogP contribution in [0.2, 0.25) is 0 Å². The Balaban J connectivity index is 2.11. The number of hydrogen-bond donors (Lipinski definition) is 1. The van der Waals surface area contributed by atoms with Gasteiger partial charge in [-0.1, -0.05) is 0 Å². The summed E-state index contributed by atoms with van der Waals surface area (Å²) in [7, 11) is 0. The topological polar surface area (TPSA) is 42.0 Å². The van der Waals surface area contributed by atoms with Crippen LogP contribution in [0.15, 0.2) is 42.6 Å². The van der Waals surface area contributed by atoms with Crippen molar-refractivity contribution >= 4 is 34.2 Å². The van der Waals surface area contributed by atoms with Gasteiger partial charge < -0.3 is 5.32 Å². The molecule has 0 bridgehead atoms. The van der Waals surface area contributed by atoms with Gasteiger partial charge in [0.2, 0.25) is 0 Å². The van der Waals surface area contributed by atoms with E-state index in [1.165, 1.54) is 0 Å². The van der Waals surface area contributed by atoms with Crippen LogP contribution in [0.5, 0.6) is 0 Å². The predicted octanol–water partition coefficient (Wildman–Crippen LogP) is 3.96. The van der Waals surface area contributed by atoms with Gasteiger partial charge in [0.1, 0.15) is 5.69 Å². The summed E-state index contributed by atoms with van der Waals surface area (Å²) in [5.41, 5.74) is -0.406. The molecule has 0 aliphatic heterocycles. The molecular weight excluding hydrogens is 384 g/mol. The highest BCUT2D eigenvalue weighted by molar-refractivity contribution is 14.1. The number of carbonyl (C=O) groups is 1. The zero-order valence-electron chi connectivity index (χ0n) is 9.91. The summed E-state index contributed by atoms with van der Waals surface area (Å²) >= 11 is 2.12. The van der Waals surface area contributed by atoms with Gasteiger partial charge in [-0.05, 0) is 59.0 Å². The first kappa shape index (κ1) is 14.8. The Morgan fingerprint density at radius 3 is 2.25 bits per heavy atom. The molecule has 0 radical (unpaired) electrons. The highest BCUT2D eigenvalue weighted by Crippen LogP contribution is 2.28. The van der Waals surface area contributed by atoms with Crippen LogP contribution in [0.1, 0.15) is 16.1 Å². The number of nitrogens with one attached hydrogen (secondary N) is 1. The van der Waals surface area contributed by atoms with Crippen molar-refractivity contribution in [1.82, 2.24) is 4.98 Å². The number of carbonyl (C=O) groups excluding carboxylic acids is 1. The number of benzene rings is 1. The molecule has 0 atom stereocenters. The van der Waals surface area contributed by atoms with E-state index in [1.807, 2.05) is 0 Å². The number of halogens is 4. The van der Waals surface area contributed by atoms with Crippen molar-refractivity contribution in [2.45, 2.75) is 6.18 Å². The summed E-state index contributed by atoms with van der Waals surface area (Å²) in [6.07, 6.45) is -3.82. The van der Waals surface area contributed by atoms with Gasteiger partial charge in [-0.15, -0.1) is 0 Å². The lowest BCUT2D eigenvalue weighted by Gasteiger charge is -2.07. The first-order valence-electron chi connectivity index (χ1n) is 5.46. The third kappa shape index (κ3) is 3.69. The number of anilines is 1. The van der Waals surface area contributed by atoms with Gasteiger partial charge in [0.25, 0.3) is 5.91 Å². The molecule has 0 aliphatic rings. The van der Waals surface area contributed by atoms with E-state index in [-0.39, 0.29) is 5.69 Å². The average Bonchev–Trinajstić information content (AvgIpc) is 2.40. The van der Waals surface area contributed by atoms with Crippen molar-refractivity contribution in [2.75, 3.05) is 5.32 Å². The van der Waals surface area contributed by atoms with Crippen LogP contribution in [-0.4, -0.2) is 10.9 Å². The number of rotatable bonds is 2. The van der Waals surface area contributed by atoms with Crippen LogP contribution in [0.25, 0.3) is 0 Å². The van der Waals surface area contributed by atoms with Crippen LogP contribution in [-0.2, 0) is 6.18 Å². The Morgan fingerprint density at radius 1 is 1.10 bits per heavy atom. The second kappa shape index (κ2) is 5.78. The van der Waals surface area contributed by atoms with Crippen molar-refractivity contribution in [1.29, 1.82) is 0 Å². The summed E-state index contributed by atoms with van der Waals surface area (Å²) in [5, 5.41) is 2.56. The molecule has 0 fully saturated rings. The maximum atomic E-state index is 12.4. The third-order valence-corrected chi connectivity index (χ3v) is 3.14. The monoisotopic (exact) mass is 392 g/mol. The average molecular weight is 392 g/mol. The molecule has 7 heteroatoms. The fourth-order valence-electron chi connectivity index (χ4n) is 1.42. The minimum Gasteiger partial charge on any atom is -0.321 e. The second-order valence-electron chi connectivity index (χ2n) is 3.89. The maximum Gasteiger partial charge on any atom is 0.417 e. The molecule has 104 valence electrons. The van der Waals surface area contributed by atoms with Gasteiger partial charge >= 0.3 is 6.18 Å². The maximum absolute atomic E-state index is 12.4. The molecule has 3 nitrogen and oxygen atoms in total. The lowest BCUT2D eigenvalue weighted by atomic mass is 10.2. The number of amides is 1. The van der Waals surface area contributed by atoms with E-state index in [4.69, 9.17) is 0 Å². The summed E-state index contributed by atoms with van der Waals surface area (Å²) in [6, 6.07) is 8.88. The van der Waals surface area contributed by atoms with Crippen LogP contribution >= 0.6 is 22.6 Å². The van der Waals surface area contributed by atoms with E-state index >= 15 is 0 Å². The molecule has 0 saturated carbocycles. The highest BCUT2D eigenvalue weighted by atomic mass is 127. The predicted molar refractivity (Wildman–Crippen MR) is 76.4 cm³/mol. The molecule has 1 aromatic carbocycles. The van der Waals surface area contributed by atoms with Crippen LogP contribution < -0.4 is 5.32 Å². The van der Waals surface area contributed by atoms with E-state index in [1.54, 1.807) is 24.3 Å². The molecule has 20 heavy (non-hydrogen) atoms. The van der Waals surface area contributed by atoms with Gasteiger partial charge in [0.15, 0.2) is 0 Å². The Labute approximate surface area is 126 Å². The number of nitrogens with zero attached hydrogens (tertiary/aromatic N) is 1. The zero-order chi connectivity index (χ0) is 14.8. The number of alkyl halides is 3. The van der Waals surface area contributed by atoms with E-state index in [2.05, 4.69) is 32.9 Å². The molecule has 0 spiro atoms. The lowest BCUT2D eigenvalue weighted by Crippen LogP contribution is -2.14. The number of aromatic nitrogens is 1. The smallest absolute Gasteiger partial charge is 0.321 e. The highest BCUT2D eigenvalue weighted by Gasteiger charge is 2.30. The quantitative estimate of drug-likeness (QED) is 0.787. The largest absolute Gasteiger partial charge is 0.417 e. The molecule has 0 saturated heterocycles. The molecule has 2 rings (SSSR count). The Kier molecular flexibility index (Phi) is 4.26. The molecule has 0 unspecified atom stereocenters. The minimum atomic E-state index is -4.46. The molecule has 0 aliphatic carbocycles.